The molecule has 25 heavy (non-hydrogen) atoms. The molecule has 0 saturated carbocycles. The number of H-pyrrole nitrogens is 1. The number of benzene rings is 2. The van der Waals surface area contributed by atoms with Crippen LogP contribution in [0, 0.1) is 14.8 Å². The highest BCUT2D eigenvalue weighted by Crippen LogP contribution is 2.25. The predicted molar refractivity (Wildman–Crippen MR) is 97.9 cm³/mol. The lowest BCUT2D eigenvalue weighted by molar-refractivity contribution is -0.384. The minimum Gasteiger partial charge on any atom is -0.323 e. The Labute approximate surface area is 147 Å². The molecule has 2 heterocycles. The van der Waals surface area contributed by atoms with Crippen LogP contribution < -0.4 is 0 Å². The fraction of sp³-hybridized carbons (Fsp3) is 0. The molecule has 0 saturated heterocycles. The monoisotopic (exact) mass is 348 g/mol. The van der Waals surface area contributed by atoms with E-state index in [0.29, 0.717) is 10.4 Å². The van der Waals surface area contributed by atoms with Crippen molar-refractivity contribution in [1.82, 2.24) is 14.4 Å². The highest BCUT2D eigenvalue weighted by molar-refractivity contribution is 7.71. The van der Waals surface area contributed by atoms with Crippen molar-refractivity contribution in [3.63, 3.8) is 0 Å². The smallest absolute Gasteiger partial charge is 0.269 e. The van der Waals surface area contributed by atoms with Crippen molar-refractivity contribution in [3.8, 4) is 22.4 Å². The molecule has 2 aromatic carbocycles. The number of aromatic amines is 1. The summed E-state index contributed by atoms with van der Waals surface area (Å²) < 4.78 is 2.41. The molecule has 0 radical (unpaired) electrons. The molecule has 0 unspecified atom stereocenters. The lowest BCUT2D eigenvalue weighted by Gasteiger charge is -2.02. The lowest BCUT2D eigenvalue weighted by Crippen LogP contribution is -1.93. The Hall–Kier alpha value is -3.32. The molecular formula is C18H12N4O2S. The topological polar surface area (TPSA) is 76.2 Å². The van der Waals surface area contributed by atoms with Crippen LogP contribution in [0.15, 0.2) is 67.0 Å². The fourth-order valence-corrected chi connectivity index (χ4v) is 3.00. The Kier molecular flexibility index (Phi) is 3.62. The van der Waals surface area contributed by atoms with Gasteiger partial charge in [0.05, 0.1) is 10.6 Å². The first-order valence-corrected chi connectivity index (χ1v) is 7.95. The standard InChI is InChI=1S/C18H12N4O2S/c23-22(24)14-8-6-12(7-9-14)15-10-19-18-20-16(11-21(18)17(15)25)13-4-2-1-3-5-13/h1-11H,(H,19,20). The number of aromatic nitrogens is 3. The molecule has 122 valence electrons. The van der Waals surface area contributed by atoms with Crippen LogP contribution >= 0.6 is 12.2 Å². The molecule has 4 rings (SSSR count). The molecule has 2 aromatic heterocycles. The number of nitrogens with zero attached hydrogens (tertiary/aromatic N) is 3. The number of nitro groups is 1. The highest BCUT2D eigenvalue weighted by Gasteiger charge is 2.10. The normalized spacial score (nSPS) is 10.9. The van der Waals surface area contributed by atoms with Crippen LogP contribution in [0.2, 0.25) is 0 Å². The number of nitro benzene ring substituents is 1. The van der Waals surface area contributed by atoms with Gasteiger partial charge in [0, 0.05) is 30.1 Å². The Morgan fingerprint density at radius 2 is 1.76 bits per heavy atom. The second-order valence-corrected chi connectivity index (χ2v) is 5.90. The maximum Gasteiger partial charge on any atom is 0.269 e. The molecule has 0 fully saturated rings. The minimum absolute atomic E-state index is 0.0457. The average Bonchev–Trinajstić information content (AvgIpc) is 3.08. The number of hydrogen-bond donors (Lipinski definition) is 1. The Bertz CT molecular complexity index is 1130. The lowest BCUT2D eigenvalue weighted by atomic mass is 10.1. The third-order valence-corrected chi connectivity index (χ3v) is 4.39. The number of fused-ring (bicyclic) bond motifs is 1. The summed E-state index contributed by atoms with van der Waals surface area (Å²) >= 11 is 5.59. The van der Waals surface area contributed by atoms with Gasteiger partial charge < -0.3 is 4.98 Å². The van der Waals surface area contributed by atoms with Crippen LogP contribution in [0.5, 0.6) is 0 Å². The van der Waals surface area contributed by atoms with Gasteiger partial charge in [0.2, 0.25) is 5.78 Å². The Morgan fingerprint density at radius 3 is 2.44 bits per heavy atom. The van der Waals surface area contributed by atoms with Crippen LogP contribution in [-0.2, 0) is 0 Å². The van der Waals surface area contributed by atoms with Gasteiger partial charge in [-0.05, 0) is 23.3 Å². The molecular weight excluding hydrogens is 336 g/mol. The number of imidazole rings is 1. The van der Waals surface area contributed by atoms with E-state index in [1.807, 2.05) is 40.9 Å². The molecule has 4 aromatic rings. The van der Waals surface area contributed by atoms with E-state index < -0.39 is 4.92 Å². The van der Waals surface area contributed by atoms with Gasteiger partial charge in [0.25, 0.3) is 5.69 Å². The van der Waals surface area contributed by atoms with Crippen LogP contribution in [-0.4, -0.2) is 19.3 Å². The van der Waals surface area contributed by atoms with Gasteiger partial charge in [0.15, 0.2) is 0 Å². The second kappa shape index (κ2) is 5.95. The highest BCUT2D eigenvalue weighted by atomic mass is 32.1. The van der Waals surface area contributed by atoms with E-state index >= 15 is 0 Å². The van der Waals surface area contributed by atoms with E-state index in [-0.39, 0.29) is 5.69 Å². The quantitative estimate of drug-likeness (QED) is 0.332. The summed E-state index contributed by atoms with van der Waals surface area (Å²) in [6.07, 6.45) is 3.60. The first kappa shape index (κ1) is 15.2. The molecule has 6 nitrogen and oxygen atoms in total. The van der Waals surface area contributed by atoms with E-state index in [4.69, 9.17) is 12.2 Å². The van der Waals surface area contributed by atoms with Crippen molar-refractivity contribution in [2.75, 3.05) is 0 Å². The average molecular weight is 348 g/mol. The van der Waals surface area contributed by atoms with Crippen molar-refractivity contribution in [3.05, 3.63) is 81.7 Å². The van der Waals surface area contributed by atoms with Gasteiger partial charge in [-0.25, -0.2) is 4.98 Å². The molecule has 1 N–H and O–H groups in total. The molecule has 0 aliphatic heterocycles. The second-order valence-electron chi connectivity index (χ2n) is 5.51. The summed E-state index contributed by atoms with van der Waals surface area (Å²) in [5, 5.41) is 10.8. The van der Waals surface area contributed by atoms with E-state index in [2.05, 4.69) is 9.97 Å². The zero-order valence-electron chi connectivity index (χ0n) is 12.9. The van der Waals surface area contributed by atoms with Gasteiger partial charge in [-0.2, -0.15) is 0 Å². The van der Waals surface area contributed by atoms with Crippen LogP contribution in [0.1, 0.15) is 0 Å². The zero-order valence-corrected chi connectivity index (χ0v) is 13.7. The first-order chi connectivity index (χ1) is 12.1. The Morgan fingerprint density at radius 1 is 1.04 bits per heavy atom. The summed E-state index contributed by atoms with van der Waals surface area (Å²) in [4.78, 5) is 18.0. The van der Waals surface area contributed by atoms with Gasteiger partial charge in [-0.3, -0.25) is 14.5 Å². The van der Waals surface area contributed by atoms with Crippen LogP contribution in [0.3, 0.4) is 0 Å². The summed E-state index contributed by atoms with van der Waals surface area (Å²) in [5.74, 6) is 0.648. The molecule has 0 aliphatic rings. The predicted octanol–water partition coefficient (Wildman–Crippen LogP) is 4.63. The van der Waals surface area contributed by atoms with Crippen molar-refractivity contribution in [1.29, 1.82) is 0 Å². The molecule has 0 spiro atoms. The van der Waals surface area contributed by atoms with E-state index in [1.165, 1.54) is 12.1 Å². The molecule has 0 amide bonds. The molecule has 0 atom stereocenters. The van der Waals surface area contributed by atoms with Crippen molar-refractivity contribution in [2.24, 2.45) is 0 Å². The summed E-state index contributed by atoms with van der Waals surface area (Å²) in [6, 6.07) is 16.2. The maximum atomic E-state index is 10.8. The van der Waals surface area contributed by atoms with Gasteiger partial charge >= 0.3 is 0 Å². The zero-order chi connectivity index (χ0) is 17.4. The molecule has 0 aliphatic carbocycles. The fourth-order valence-electron chi connectivity index (χ4n) is 2.69. The minimum atomic E-state index is -0.424. The summed E-state index contributed by atoms with van der Waals surface area (Å²) in [5.41, 5.74) is 3.55. The molecule has 0 bridgehead atoms. The van der Waals surface area contributed by atoms with Crippen molar-refractivity contribution in [2.45, 2.75) is 0 Å². The summed E-state index contributed by atoms with van der Waals surface area (Å²) in [6.45, 7) is 0. The number of rotatable bonds is 3. The van der Waals surface area contributed by atoms with E-state index in [1.54, 1.807) is 18.3 Å². The van der Waals surface area contributed by atoms with Crippen LogP contribution in [0.4, 0.5) is 5.69 Å². The first-order valence-electron chi connectivity index (χ1n) is 7.54. The largest absolute Gasteiger partial charge is 0.323 e. The van der Waals surface area contributed by atoms with Crippen molar-refractivity contribution < 1.29 is 4.92 Å². The van der Waals surface area contributed by atoms with Crippen LogP contribution in [0.25, 0.3) is 28.2 Å². The van der Waals surface area contributed by atoms with Gasteiger partial charge in [-0.1, -0.05) is 42.5 Å². The SMILES string of the molecule is O=[N+]([O-])c1ccc(-c2cnc3[nH]c(-c4ccccc4)cn3c2=S)cc1. The summed E-state index contributed by atoms with van der Waals surface area (Å²) in [7, 11) is 0. The van der Waals surface area contributed by atoms with Gasteiger partial charge in [-0.15, -0.1) is 0 Å². The third-order valence-electron chi connectivity index (χ3n) is 3.97. The number of non-ortho nitro benzene ring substituents is 1. The third kappa shape index (κ3) is 2.70. The number of hydrogen-bond acceptors (Lipinski definition) is 4. The van der Waals surface area contributed by atoms with E-state index in [9.17, 15) is 10.1 Å². The molecule has 7 heteroatoms. The van der Waals surface area contributed by atoms with Crippen molar-refractivity contribution >= 4 is 23.7 Å². The maximum absolute atomic E-state index is 10.8. The van der Waals surface area contributed by atoms with Gasteiger partial charge in [0.1, 0.15) is 4.64 Å². The Balaban J connectivity index is 1.83. The van der Waals surface area contributed by atoms with E-state index in [0.717, 1.165) is 22.4 Å². The number of nitrogens with one attached hydrogen (secondary N) is 1.